The minimum absolute atomic E-state index is 0.0335. The summed E-state index contributed by atoms with van der Waals surface area (Å²) in [4.78, 5) is 19.5. The molecule has 0 bridgehead atoms. The van der Waals surface area contributed by atoms with E-state index in [4.69, 9.17) is 11.5 Å². The Morgan fingerprint density at radius 1 is 1.20 bits per heavy atom. The Balaban J connectivity index is 1.61. The monoisotopic (exact) mass is 409 g/mol. The molecular formula is C21H24FN7O. The van der Waals surface area contributed by atoms with Gasteiger partial charge in [0, 0.05) is 31.7 Å². The van der Waals surface area contributed by atoms with Crippen molar-refractivity contribution in [3.05, 3.63) is 54.1 Å². The number of piperidine rings is 1. The first kappa shape index (κ1) is 19.8. The summed E-state index contributed by atoms with van der Waals surface area (Å²) in [7, 11) is 1.82. The molecule has 1 saturated heterocycles. The average molecular weight is 409 g/mol. The molecule has 2 aromatic heterocycles. The van der Waals surface area contributed by atoms with Crippen molar-refractivity contribution in [3.8, 4) is 11.3 Å². The van der Waals surface area contributed by atoms with Crippen LogP contribution in [-0.4, -0.2) is 39.8 Å². The van der Waals surface area contributed by atoms with Gasteiger partial charge in [0.05, 0.1) is 17.6 Å². The largest absolute Gasteiger partial charge is 0.397 e. The van der Waals surface area contributed by atoms with Crippen molar-refractivity contribution in [2.24, 2.45) is 12.8 Å². The molecule has 1 amide bonds. The van der Waals surface area contributed by atoms with E-state index in [9.17, 15) is 9.18 Å². The molecule has 30 heavy (non-hydrogen) atoms. The zero-order chi connectivity index (χ0) is 21.3. The van der Waals surface area contributed by atoms with E-state index < -0.39 is 11.7 Å². The molecule has 0 aliphatic carbocycles. The topological polar surface area (TPSA) is 115 Å². The lowest BCUT2D eigenvalue weighted by atomic mass is 10.1. The number of hydrogen-bond donors (Lipinski definition) is 3. The first-order valence-corrected chi connectivity index (χ1v) is 9.79. The van der Waals surface area contributed by atoms with Gasteiger partial charge in [-0.25, -0.2) is 9.37 Å². The number of anilines is 3. The molecule has 1 fully saturated rings. The number of nitrogens with two attached hydrogens (primary N) is 2. The second kappa shape index (κ2) is 8.11. The Morgan fingerprint density at radius 2 is 1.93 bits per heavy atom. The van der Waals surface area contributed by atoms with Gasteiger partial charge in [-0.2, -0.15) is 5.10 Å². The third-order valence-electron chi connectivity index (χ3n) is 5.29. The highest BCUT2D eigenvalue weighted by atomic mass is 19.1. The Bertz CT molecular complexity index is 1070. The van der Waals surface area contributed by atoms with E-state index in [1.165, 1.54) is 6.07 Å². The Kier molecular flexibility index (Phi) is 5.37. The molecule has 4 rings (SSSR count). The standard InChI is InChI=1S/C21H24FN7O/c1-28-21(29-10-8-13(23)9-11-29)18(12-25-28)27-20(30)19-16(24)6-7-17(26-19)14-4-2-3-5-15(14)22/h2-7,12-13H,8-11,23-24H2,1H3,(H,27,30). The second-order valence-electron chi connectivity index (χ2n) is 7.40. The van der Waals surface area contributed by atoms with Gasteiger partial charge in [0.25, 0.3) is 5.91 Å². The predicted octanol–water partition coefficient (Wildman–Crippen LogP) is 2.38. The zero-order valence-corrected chi connectivity index (χ0v) is 16.7. The maximum atomic E-state index is 14.1. The van der Waals surface area contributed by atoms with Crippen LogP contribution in [0.5, 0.6) is 0 Å². The van der Waals surface area contributed by atoms with Crippen molar-refractivity contribution >= 4 is 23.1 Å². The van der Waals surface area contributed by atoms with Crippen molar-refractivity contribution in [2.75, 3.05) is 29.0 Å². The summed E-state index contributed by atoms with van der Waals surface area (Å²) in [5.41, 5.74) is 13.5. The quantitative estimate of drug-likeness (QED) is 0.609. The van der Waals surface area contributed by atoms with Crippen molar-refractivity contribution < 1.29 is 9.18 Å². The van der Waals surface area contributed by atoms with Crippen LogP contribution in [0.4, 0.5) is 21.6 Å². The van der Waals surface area contributed by atoms with Gasteiger partial charge in [0.15, 0.2) is 11.5 Å². The molecule has 0 saturated carbocycles. The molecule has 1 aliphatic rings. The van der Waals surface area contributed by atoms with Crippen molar-refractivity contribution in [2.45, 2.75) is 18.9 Å². The number of pyridine rings is 1. The highest BCUT2D eigenvalue weighted by Crippen LogP contribution is 2.29. The fourth-order valence-corrected chi connectivity index (χ4v) is 3.66. The van der Waals surface area contributed by atoms with Gasteiger partial charge in [-0.05, 0) is 37.1 Å². The maximum Gasteiger partial charge on any atom is 0.276 e. The first-order valence-electron chi connectivity index (χ1n) is 9.79. The van der Waals surface area contributed by atoms with Gasteiger partial charge in [-0.3, -0.25) is 9.48 Å². The number of carbonyl (C=O) groups is 1. The highest BCUT2D eigenvalue weighted by Gasteiger charge is 2.24. The van der Waals surface area contributed by atoms with E-state index >= 15 is 0 Å². The molecule has 0 spiro atoms. The van der Waals surface area contributed by atoms with Crippen LogP contribution >= 0.6 is 0 Å². The number of aromatic nitrogens is 3. The van der Waals surface area contributed by atoms with Crippen molar-refractivity contribution in [1.82, 2.24) is 14.8 Å². The van der Waals surface area contributed by atoms with Crippen LogP contribution < -0.4 is 21.7 Å². The molecule has 5 N–H and O–H groups in total. The van der Waals surface area contributed by atoms with Crippen molar-refractivity contribution in [1.29, 1.82) is 0 Å². The second-order valence-corrected chi connectivity index (χ2v) is 7.40. The minimum atomic E-state index is -0.478. The van der Waals surface area contributed by atoms with E-state index in [1.54, 1.807) is 41.2 Å². The number of halogens is 1. The fourth-order valence-electron chi connectivity index (χ4n) is 3.66. The van der Waals surface area contributed by atoms with Crippen LogP contribution in [0.25, 0.3) is 11.3 Å². The Hall–Kier alpha value is -3.46. The lowest BCUT2D eigenvalue weighted by Crippen LogP contribution is -2.40. The van der Waals surface area contributed by atoms with E-state index in [2.05, 4.69) is 20.3 Å². The summed E-state index contributed by atoms with van der Waals surface area (Å²) in [5.74, 6) is -0.0910. The van der Waals surface area contributed by atoms with Gasteiger partial charge in [-0.1, -0.05) is 12.1 Å². The molecular weight excluding hydrogens is 385 g/mol. The van der Waals surface area contributed by atoms with Crippen LogP contribution in [0.3, 0.4) is 0 Å². The van der Waals surface area contributed by atoms with Gasteiger partial charge in [0.2, 0.25) is 0 Å². The van der Waals surface area contributed by atoms with Crippen molar-refractivity contribution in [3.63, 3.8) is 0 Å². The Morgan fingerprint density at radius 3 is 2.67 bits per heavy atom. The third-order valence-corrected chi connectivity index (χ3v) is 5.29. The summed E-state index contributed by atoms with van der Waals surface area (Å²) in [6, 6.07) is 9.60. The number of nitrogen functional groups attached to an aromatic ring is 1. The fraction of sp³-hybridized carbons (Fsp3) is 0.286. The number of rotatable bonds is 4. The van der Waals surface area contributed by atoms with Crippen LogP contribution in [0, 0.1) is 5.82 Å². The molecule has 9 heteroatoms. The van der Waals surface area contributed by atoms with E-state index in [0.29, 0.717) is 16.9 Å². The molecule has 8 nitrogen and oxygen atoms in total. The summed E-state index contributed by atoms with van der Waals surface area (Å²) in [6.07, 6.45) is 3.34. The van der Waals surface area contributed by atoms with Gasteiger partial charge < -0.3 is 21.7 Å². The minimum Gasteiger partial charge on any atom is -0.397 e. The summed E-state index contributed by atoms with van der Waals surface area (Å²) in [5, 5.41) is 7.14. The number of benzene rings is 1. The van der Waals surface area contributed by atoms with Crippen LogP contribution in [0.2, 0.25) is 0 Å². The number of aryl methyl sites for hydroxylation is 1. The van der Waals surface area contributed by atoms with Gasteiger partial charge >= 0.3 is 0 Å². The summed E-state index contributed by atoms with van der Waals surface area (Å²) >= 11 is 0. The van der Waals surface area contributed by atoms with Crippen LogP contribution in [-0.2, 0) is 7.05 Å². The third kappa shape index (κ3) is 3.84. The average Bonchev–Trinajstić information content (AvgIpc) is 3.09. The van der Waals surface area contributed by atoms with Gasteiger partial charge in [-0.15, -0.1) is 0 Å². The number of amides is 1. The number of hydrogen-bond acceptors (Lipinski definition) is 6. The molecule has 1 aromatic carbocycles. The lowest BCUT2D eigenvalue weighted by Gasteiger charge is -2.32. The number of nitrogens with zero attached hydrogens (tertiary/aromatic N) is 4. The molecule has 3 aromatic rings. The molecule has 0 atom stereocenters. The number of carbonyl (C=O) groups excluding carboxylic acids is 1. The zero-order valence-electron chi connectivity index (χ0n) is 16.7. The SMILES string of the molecule is Cn1ncc(NC(=O)c2nc(-c3ccccc3F)ccc2N)c1N1CCC(N)CC1. The summed E-state index contributed by atoms with van der Waals surface area (Å²) in [6.45, 7) is 1.57. The smallest absolute Gasteiger partial charge is 0.276 e. The normalized spacial score (nSPS) is 14.7. The molecule has 0 radical (unpaired) electrons. The van der Waals surface area contributed by atoms with Gasteiger partial charge in [0.1, 0.15) is 11.5 Å². The van der Waals surface area contributed by atoms with Crippen LogP contribution in [0.15, 0.2) is 42.6 Å². The number of nitrogens with one attached hydrogen (secondary N) is 1. The van der Waals surface area contributed by atoms with E-state index in [-0.39, 0.29) is 17.4 Å². The van der Waals surface area contributed by atoms with E-state index in [0.717, 1.165) is 31.7 Å². The predicted molar refractivity (Wildman–Crippen MR) is 115 cm³/mol. The molecule has 1 aliphatic heterocycles. The first-order chi connectivity index (χ1) is 14.4. The van der Waals surface area contributed by atoms with E-state index in [1.807, 2.05) is 7.05 Å². The lowest BCUT2D eigenvalue weighted by molar-refractivity contribution is 0.102. The molecule has 0 unspecified atom stereocenters. The molecule has 156 valence electrons. The molecule has 3 heterocycles. The summed E-state index contributed by atoms with van der Waals surface area (Å²) < 4.78 is 15.9. The maximum absolute atomic E-state index is 14.1. The van der Waals surface area contributed by atoms with Crippen LogP contribution in [0.1, 0.15) is 23.3 Å². The Labute approximate surface area is 173 Å². The highest BCUT2D eigenvalue weighted by molar-refractivity contribution is 6.07.